The molecule has 4 rings (SSSR count). The van der Waals surface area contributed by atoms with Gasteiger partial charge in [-0.25, -0.2) is 9.97 Å². The average Bonchev–Trinajstić information content (AvgIpc) is 3.53. The van der Waals surface area contributed by atoms with Gasteiger partial charge in [0.25, 0.3) is 0 Å². The molecule has 29 heavy (non-hydrogen) atoms. The van der Waals surface area contributed by atoms with E-state index in [1.807, 2.05) is 18.2 Å². The van der Waals surface area contributed by atoms with E-state index < -0.39 is 0 Å². The quantitative estimate of drug-likeness (QED) is 0.367. The van der Waals surface area contributed by atoms with Crippen molar-refractivity contribution in [3.8, 4) is 0 Å². The third-order valence-corrected chi connectivity index (χ3v) is 5.81. The van der Waals surface area contributed by atoms with Gasteiger partial charge in [0.15, 0.2) is 5.96 Å². The van der Waals surface area contributed by atoms with Crippen LogP contribution in [0.2, 0.25) is 5.02 Å². The van der Waals surface area contributed by atoms with E-state index in [-0.39, 0.29) is 29.4 Å². The summed E-state index contributed by atoms with van der Waals surface area (Å²) in [5.41, 5.74) is 1.47. The fourth-order valence-electron chi connectivity index (χ4n) is 3.73. The average molecular weight is 527 g/mol. The lowest BCUT2D eigenvalue weighted by Gasteiger charge is -2.36. The van der Waals surface area contributed by atoms with E-state index in [4.69, 9.17) is 16.6 Å². The lowest BCUT2D eigenvalue weighted by molar-refractivity contribution is 0.369. The molecule has 0 amide bonds. The molecule has 1 aliphatic heterocycles. The van der Waals surface area contributed by atoms with Crippen LogP contribution in [-0.4, -0.2) is 60.1 Å². The summed E-state index contributed by atoms with van der Waals surface area (Å²) in [6.45, 7) is 7.40. The highest BCUT2D eigenvalue weighted by atomic mass is 127. The van der Waals surface area contributed by atoms with E-state index in [9.17, 15) is 0 Å². The second kappa shape index (κ2) is 9.93. The first kappa shape index (κ1) is 22.1. The van der Waals surface area contributed by atoms with Gasteiger partial charge < -0.3 is 15.1 Å². The lowest BCUT2D eigenvalue weighted by Crippen LogP contribution is -2.53. The van der Waals surface area contributed by atoms with Gasteiger partial charge in [-0.05, 0) is 43.5 Å². The summed E-state index contributed by atoms with van der Waals surface area (Å²) >= 11 is 6.21. The van der Waals surface area contributed by atoms with E-state index in [0.29, 0.717) is 0 Å². The summed E-state index contributed by atoms with van der Waals surface area (Å²) in [5.74, 6) is 1.81. The number of anilines is 1. The first-order valence-electron chi connectivity index (χ1n) is 10.0. The Morgan fingerprint density at radius 2 is 1.86 bits per heavy atom. The third kappa shape index (κ3) is 5.31. The Bertz CT molecular complexity index is 819. The second-order valence-corrected chi connectivity index (χ2v) is 7.92. The summed E-state index contributed by atoms with van der Waals surface area (Å²) in [5, 5.41) is 4.27. The van der Waals surface area contributed by atoms with Crippen LogP contribution in [0.3, 0.4) is 0 Å². The van der Waals surface area contributed by atoms with E-state index in [1.54, 1.807) is 12.4 Å². The number of piperazine rings is 1. The number of hydrogen-bond donors (Lipinski definition) is 1. The van der Waals surface area contributed by atoms with Crippen LogP contribution in [0.4, 0.5) is 5.95 Å². The van der Waals surface area contributed by atoms with Gasteiger partial charge in [-0.15, -0.1) is 24.0 Å². The largest absolute Gasteiger partial charge is 0.357 e. The van der Waals surface area contributed by atoms with Crippen molar-refractivity contribution in [1.82, 2.24) is 20.2 Å². The molecule has 0 bridgehead atoms. The van der Waals surface area contributed by atoms with Crippen LogP contribution in [0, 0.1) is 0 Å². The number of aliphatic imine (C=N–C) groups is 1. The molecule has 0 atom stereocenters. The van der Waals surface area contributed by atoms with Crippen molar-refractivity contribution in [3.63, 3.8) is 0 Å². The predicted octanol–water partition coefficient (Wildman–Crippen LogP) is 3.57. The number of nitrogens with one attached hydrogen (secondary N) is 1. The van der Waals surface area contributed by atoms with Crippen LogP contribution in [-0.2, 0) is 5.41 Å². The van der Waals surface area contributed by atoms with Crippen LogP contribution in [0.25, 0.3) is 0 Å². The van der Waals surface area contributed by atoms with Crippen molar-refractivity contribution >= 4 is 47.5 Å². The molecule has 1 aliphatic carbocycles. The van der Waals surface area contributed by atoms with Gasteiger partial charge in [-0.1, -0.05) is 23.7 Å². The Balaban J connectivity index is 0.00000240. The zero-order valence-electron chi connectivity index (χ0n) is 16.7. The van der Waals surface area contributed by atoms with Gasteiger partial charge >= 0.3 is 0 Å². The molecule has 1 aromatic carbocycles. The highest BCUT2D eigenvalue weighted by molar-refractivity contribution is 14.0. The zero-order chi connectivity index (χ0) is 19.4. The Kier molecular flexibility index (Phi) is 7.56. The molecule has 2 aliphatic rings. The van der Waals surface area contributed by atoms with E-state index >= 15 is 0 Å². The minimum Gasteiger partial charge on any atom is -0.357 e. The maximum Gasteiger partial charge on any atom is 0.225 e. The fourth-order valence-corrected chi connectivity index (χ4v) is 3.92. The number of rotatable bonds is 5. The van der Waals surface area contributed by atoms with Gasteiger partial charge in [0.1, 0.15) is 0 Å². The van der Waals surface area contributed by atoms with Crippen LogP contribution in [0.15, 0.2) is 47.7 Å². The summed E-state index contributed by atoms with van der Waals surface area (Å²) < 4.78 is 0. The zero-order valence-corrected chi connectivity index (χ0v) is 19.8. The summed E-state index contributed by atoms with van der Waals surface area (Å²) in [6, 6.07) is 10.1. The van der Waals surface area contributed by atoms with Crippen LogP contribution in [0.5, 0.6) is 0 Å². The molecule has 156 valence electrons. The third-order valence-electron chi connectivity index (χ3n) is 5.57. The number of benzene rings is 1. The van der Waals surface area contributed by atoms with Gasteiger partial charge in [0.2, 0.25) is 5.95 Å². The lowest BCUT2D eigenvalue weighted by atomic mass is 9.96. The number of hydrogen-bond acceptors (Lipinski definition) is 4. The standard InChI is InChI=1S/C21H27ClN6.HI/c1-2-23-19(26-16-21(7-8-21)17-5-3-6-18(22)15-17)27-11-13-28(14-12-27)20-24-9-4-10-25-20;/h3-6,9-10,15H,2,7-8,11-14,16H2,1H3,(H,23,26);1H. The van der Waals surface area contributed by atoms with Crippen LogP contribution >= 0.6 is 35.6 Å². The molecule has 8 heteroatoms. The monoisotopic (exact) mass is 526 g/mol. The minimum absolute atomic E-state index is 0. The van der Waals surface area contributed by atoms with Crippen molar-refractivity contribution in [3.05, 3.63) is 53.3 Å². The van der Waals surface area contributed by atoms with E-state index in [1.165, 1.54) is 18.4 Å². The number of aromatic nitrogens is 2. The summed E-state index contributed by atoms with van der Waals surface area (Å²) in [6.07, 6.45) is 5.95. The van der Waals surface area contributed by atoms with Crippen LogP contribution in [0.1, 0.15) is 25.3 Å². The maximum atomic E-state index is 6.21. The summed E-state index contributed by atoms with van der Waals surface area (Å²) in [7, 11) is 0. The van der Waals surface area contributed by atoms with Crippen molar-refractivity contribution in [2.75, 3.05) is 44.2 Å². The molecule has 1 saturated heterocycles. The van der Waals surface area contributed by atoms with Crippen LogP contribution < -0.4 is 10.2 Å². The second-order valence-electron chi connectivity index (χ2n) is 7.48. The molecule has 6 nitrogen and oxygen atoms in total. The molecule has 0 unspecified atom stereocenters. The molecular weight excluding hydrogens is 499 g/mol. The van der Waals surface area contributed by atoms with Crippen molar-refractivity contribution in [2.45, 2.75) is 25.2 Å². The molecule has 2 fully saturated rings. The minimum atomic E-state index is 0. The molecular formula is C21H28ClIN6. The smallest absolute Gasteiger partial charge is 0.225 e. The molecule has 1 saturated carbocycles. The molecule has 1 aromatic heterocycles. The number of guanidine groups is 1. The molecule has 0 spiro atoms. The first-order valence-corrected chi connectivity index (χ1v) is 10.4. The Morgan fingerprint density at radius 3 is 2.48 bits per heavy atom. The molecule has 1 N–H and O–H groups in total. The van der Waals surface area contributed by atoms with E-state index in [2.05, 4.69) is 44.1 Å². The Morgan fingerprint density at radius 1 is 1.14 bits per heavy atom. The van der Waals surface area contributed by atoms with Crippen molar-refractivity contribution in [1.29, 1.82) is 0 Å². The molecule has 2 aromatic rings. The Hall–Kier alpha value is -1.61. The molecule has 0 radical (unpaired) electrons. The van der Waals surface area contributed by atoms with Gasteiger partial charge in [-0.3, -0.25) is 4.99 Å². The number of halogens is 2. The number of nitrogens with zero attached hydrogens (tertiary/aromatic N) is 5. The normalized spacial score (nSPS) is 18.2. The topological polar surface area (TPSA) is 56.7 Å². The van der Waals surface area contributed by atoms with Crippen molar-refractivity contribution in [2.24, 2.45) is 4.99 Å². The first-order chi connectivity index (χ1) is 13.7. The maximum absolute atomic E-state index is 6.21. The van der Waals surface area contributed by atoms with Gasteiger partial charge in [0.05, 0.1) is 6.54 Å². The SMILES string of the molecule is CCNC(=NCC1(c2cccc(Cl)c2)CC1)N1CCN(c2ncccn2)CC1.I. The van der Waals surface area contributed by atoms with Gasteiger partial charge in [-0.2, -0.15) is 0 Å². The Labute approximate surface area is 194 Å². The fraction of sp³-hybridized carbons (Fsp3) is 0.476. The highest BCUT2D eigenvalue weighted by Gasteiger charge is 2.44. The molecule has 2 heterocycles. The summed E-state index contributed by atoms with van der Waals surface area (Å²) in [4.78, 5) is 18.3. The van der Waals surface area contributed by atoms with Crippen molar-refractivity contribution < 1.29 is 0 Å². The highest BCUT2D eigenvalue weighted by Crippen LogP contribution is 2.48. The van der Waals surface area contributed by atoms with Gasteiger partial charge in [0, 0.05) is 55.6 Å². The van der Waals surface area contributed by atoms with E-state index in [0.717, 1.165) is 56.2 Å². The predicted molar refractivity (Wildman–Crippen MR) is 130 cm³/mol.